The Labute approximate surface area is 168 Å². The summed E-state index contributed by atoms with van der Waals surface area (Å²) >= 11 is 0. The van der Waals surface area contributed by atoms with E-state index in [9.17, 15) is 14.0 Å². The summed E-state index contributed by atoms with van der Waals surface area (Å²) in [6.45, 7) is 1.93. The second kappa shape index (κ2) is 8.03. The van der Waals surface area contributed by atoms with Crippen LogP contribution in [0.1, 0.15) is 58.5 Å². The summed E-state index contributed by atoms with van der Waals surface area (Å²) in [5, 5.41) is 5.81. The van der Waals surface area contributed by atoms with Gasteiger partial charge in [0.2, 0.25) is 0 Å². The standard InChI is InChI=1S/C22H23FN4O2/c1-14-7-12-18-25-20(26-21(28)15-8-10-16(23)11-9-15)19(27(18)13-14)22(29)24-17-5-3-2-4-6-17/h7-13,17H,2-6H2,1H3,(H,24,29)(H,26,28). The van der Waals surface area contributed by atoms with Crippen LogP contribution in [0.3, 0.4) is 0 Å². The second-order valence-electron chi connectivity index (χ2n) is 7.51. The minimum absolute atomic E-state index is 0.132. The molecule has 1 aliphatic carbocycles. The molecule has 2 heterocycles. The maximum atomic E-state index is 13.1. The van der Waals surface area contributed by atoms with E-state index in [1.807, 2.05) is 19.2 Å². The van der Waals surface area contributed by atoms with Crippen molar-refractivity contribution in [1.82, 2.24) is 14.7 Å². The topological polar surface area (TPSA) is 75.5 Å². The Morgan fingerprint density at radius 2 is 1.76 bits per heavy atom. The molecule has 0 spiro atoms. The van der Waals surface area contributed by atoms with Crippen molar-refractivity contribution in [1.29, 1.82) is 0 Å². The number of amides is 2. The van der Waals surface area contributed by atoms with Crippen LogP contribution >= 0.6 is 0 Å². The fraction of sp³-hybridized carbons (Fsp3) is 0.318. The molecule has 2 aromatic heterocycles. The highest BCUT2D eigenvalue weighted by atomic mass is 19.1. The number of anilines is 1. The van der Waals surface area contributed by atoms with Crippen molar-refractivity contribution in [2.45, 2.75) is 45.1 Å². The van der Waals surface area contributed by atoms with Crippen molar-refractivity contribution in [3.05, 3.63) is 65.2 Å². The summed E-state index contributed by atoms with van der Waals surface area (Å²) < 4.78 is 14.8. The van der Waals surface area contributed by atoms with Crippen molar-refractivity contribution in [3.63, 3.8) is 0 Å². The number of nitrogens with one attached hydrogen (secondary N) is 2. The Kier molecular flexibility index (Phi) is 5.29. The van der Waals surface area contributed by atoms with Gasteiger partial charge in [0.15, 0.2) is 11.5 Å². The van der Waals surface area contributed by atoms with Gasteiger partial charge in [-0.1, -0.05) is 25.3 Å². The van der Waals surface area contributed by atoms with Crippen LogP contribution in [-0.4, -0.2) is 27.2 Å². The number of aromatic nitrogens is 2. The molecular formula is C22H23FN4O2. The fourth-order valence-electron chi connectivity index (χ4n) is 3.74. The Morgan fingerprint density at radius 3 is 2.48 bits per heavy atom. The molecule has 0 atom stereocenters. The van der Waals surface area contributed by atoms with Crippen LogP contribution in [-0.2, 0) is 0 Å². The number of rotatable bonds is 4. The Bertz CT molecular complexity index is 1050. The van der Waals surface area contributed by atoms with E-state index in [0.717, 1.165) is 31.2 Å². The number of nitrogens with zero attached hydrogens (tertiary/aromatic N) is 2. The number of hydrogen-bond donors (Lipinski definition) is 2. The van der Waals surface area contributed by atoms with E-state index in [0.29, 0.717) is 16.9 Å². The molecule has 1 aliphatic rings. The van der Waals surface area contributed by atoms with Gasteiger partial charge in [-0.3, -0.25) is 14.0 Å². The number of fused-ring (bicyclic) bond motifs is 1. The monoisotopic (exact) mass is 394 g/mol. The molecule has 3 aromatic rings. The summed E-state index contributed by atoms with van der Waals surface area (Å²) in [6, 6.07) is 9.07. The third kappa shape index (κ3) is 4.13. The van der Waals surface area contributed by atoms with Crippen LogP contribution < -0.4 is 10.6 Å². The summed E-state index contributed by atoms with van der Waals surface area (Å²) in [4.78, 5) is 30.2. The number of aryl methyl sites for hydroxylation is 1. The highest BCUT2D eigenvalue weighted by Crippen LogP contribution is 2.22. The lowest BCUT2D eigenvalue weighted by Crippen LogP contribution is -2.37. The number of pyridine rings is 1. The van der Waals surface area contributed by atoms with Crippen LogP contribution in [0.4, 0.5) is 10.2 Å². The first-order valence-corrected chi connectivity index (χ1v) is 9.88. The van der Waals surface area contributed by atoms with Gasteiger partial charge in [-0.15, -0.1) is 0 Å². The number of halogens is 1. The SMILES string of the molecule is Cc1ccc2nc(NC(=O)c3ccc(F)cc3)c(C(=O)NC3CCCCC3)n2c1. The van der Waals surface area contributed by atoms with E-state index in [4.69, 9.17) is 0 Å². The van der Waals surface area contributed by atoms with Gasteiger partial charge in [-0.25, -0.2) is 9.37 Å². The van der Waals surface area contributed by atoms with Gasteiger partial charge in [0.1, 0.15) is 11.5 Å². The molecular weight excluding hydrogens is 371 g/mol. The molecule has 6 nitrogen and oxygen atoms in total. The molecule has 7 heteroatoms. The molecule has 1 fully saturated rings. The molecule has 0 saturated heterocycles. The van der Waals surface area contributed by atoms with Crippen LogP contribution in [0.15, 0.2) is 42.6 Å². The summed E-state index contributed by atoms with van der Waals surface area (Å²) in [6.07, 6.45) is 7.14. The van der Waals surface area contributed by atoms with Gasteiger partial charge >= 0.3 is 0 Å². The number of imidazole rings is 1. The average molecular weight is 394 g/mol. The van der Waals surface area contributed by atoms with Gasteiger partial charge in [0, 0.05) is 17.8 Å². The summed E-state index contributed by atoms with van der Waals surface area (Å²) in [5.41, 5.74) is 2.12. The molecule has 2 amide bonds. The van der Waals surface area contributed by atoms with E-state index >= 15 is 0 Å². The van der Waals surface area contributed by atoms with Gasteiger partial charge in [-0.2, -0.15) is 0 Å². The van der Waals surface area contributed by atoms with E-state index in [-0.39, 0.29) is 17.8 Å². The van der Waals surface area contributed by atoms with E-state index in [1.54, 1.807) is 10.5 Å². The zero-order chi connectivity index (χ0) is 20.4. The zero-order valence-electron chi connectivity index (χ0n) is 16.2. The third-order valence-corrected chi connectivity index (χ3v) is 5.26. The largest absolute Gasteiger partial charge is 0.348 e. The summed E-state index contributed by atoms with van der Waals surface area (Å²) in [5.74, 6) is -0.934. The van der Waals surface area contributed by atoms with Crippen LogP contribution in [0, 0.1) is 12.7 Å². The molecule has 150 valence electrons. The molecule has 0 radical (unpaired) electrons. The number of carbonyl (C=O) groups is 2. The lowest BCUT2D eigenvalue weighted by molar-refractivity contribution is 0.0922. The number of hydrogen-bond acceptors (Lipinski definition) is 3. The first-order chi connectivity index (χ1) is 14.0. The first kappa shape index (κ1) is 19.1. The maximum Gasteiger partial charge on any atom is 0.272 e. The van der Waals surface area contributed by atoms with Crippen molar-refractivity contribution in [3.8, 4) is 0 Å². The Hall–Kier alpha value is -3.22. The van der Waals surface area contributed by atoms with Crippen molar-refractivity contribution in [2.24, 2.45) is 0 Å². The molecule has 0 unspecified atom stereocenters. The van der Waals surface area contributed by atoms with Crippen LogP contribution in [0.2, 0.25) is 0 Å². The van der Waals surface area contributed by atoms with Crippen molar-refractivity contribution < 1.29 is 14.0 Å². The minimum Gasteiger partial charge on any atom is -0.348 e. The lowest BCUT2D eigenvalue weighted by atomic mass is 9.95. The highest BCUT2D eigenvalue weighted by molar-refractivity contribution is 6.08. The maximum absolute atomic E-state index is 13.1. The van der Waals surface area contributed by atoms with Gasteiger partial charge in [-0.05, 0) is 55.7 Å². The van der Waals surface area contributed by atoms with E-state index < -0.39 is 11.7 Å². The van der Waals surface area contributed by atoms with Gasteiger partial charge < -0.3 is 10.6 Å². The number of benzene rings is 1. The van der Waals surface area contributed by atoms with Crippen LogP contribution in [0.5, 0.6) is 0 Å². The number of carbonyl (C=O) groups excluding carboxylic acids is 2. The molecule has 29 heavy (non-hydrogen) atoms. The first-order valence-electron chi connectivity index (χ1n) is 9.88. The summed E-state index contributed by atoms with van der Waals surface area (Å²) in [7, 11) is 0. The van der Waals surface area contributed by atoms with Gasteiger partial charge in [0.25, 0.3) is 11.8 Å². The molecule has 1 saturated carbocycles. The van der Waals surface area contributed by atoms with Gasteiger partial charge in [0.05, 0.1) is 0 Å². The molecule has 4 rings (SSSR count). The Morgan fingerprint density at radius 1 is 1.03 bits per heavy atom. The molecule has 0 aliphatic heterocycles. The normalized spacial score (nSPS) is 14.7. The fourth-order valence-corrected chi connectivity index (χ4v) is 3.74. The average Bonchev–Trinajstić information content (AvgIpc) is 3.06. The van der Waals surface area contributed by atoms with E-state index in [2.05, 4.69) is 15.6 Å². The third-order valence-electron chi connectivity index (χ3n) is 5.26. The van der Waals surface area contributed by atoms with Crippen molar-refractivity contribution in [2.75, 3.05) is 5.32 Å². The van der Waals surface area contributed by atoms with Crippen molar-refractivity contribution >= 4 is 23.3 Å². The predicted octanol–water partition coefficient (Wildman–Crippen LogP) is 4.10. The molecule has 0 bridgehead atoms. The zero-order valence-corrected chi connectivity index (χ0v) is 16.2. The van der Waals surface area contributed by atoms with E-state index in [1.165, 1.54) is 30.7 Å². The molecule has 2 N–H and O–H groups in total. The second-order valence-corrected chi connectivity index (χ2v) is 7.51. The quantitative estimate of drug-likeness (QED) is 0.700. The Balaban J connectivity index is 1.67. The van der Waals surface area contributed by atoms with Crippen LogP contribution in [0.25, 0.3) is 5.65 Å². The minimum atomic E-state index is -0.447. The smallest absolute Gasteiger partial charge is 0.272 e. The predicted molar refractivity (Wildman–Crippen MR) is 109 cm³/mol. The highest BCUT2D eigenvalue weighted by Gasteiger charge is 2.24. The lowest BCUT2D eigenvalue weighted by Gasteiger charge is -2.22. The molecule has 1 aromatic carbocycles.